The predicted molar refractivity (Wildman–Crippen MR) is 109 cm³/mol. The molecule has 1 atom stereocenters. The number of benzene rings is 2. The number of carbonyl (C=O) groups is 2. The van der Waals surface area contributed by atoms with Gasteiger partial charge in [-0.3, -0.25) is 14.5 Å². The number of hydrogen-bond donors (Lipinski definition) is 1. The number of anilines is 1. The number of rotatable bonds is 6. The number of methoxy groups -OCH3 is 3. The summed E-state index contributed by atoms with van der Waals surface area (Å²) >= 11 is 0. The molecule has 2 aromatic rings. The molecular formula is C22H26N2O5. The second-order valence-electron chi connectivity index (χ2n) is 7.04. The van der Waals surface area contributed by atoms with Gasteiger partial charge in [0.2, 0.25) is 5.91 Å². The lowest BCUT2D eigenvalue weighted by Gasteiger charge is -2.35. The molecule has 0 spiro atoms. The van der Waals surface area contributed by atoms with Crippen molar-refractivity contribution in [1.29, 1.82) is 0 Å². The Morgan fingerprint density at radius 3 is 2.24 bits per heavy atom. The molecule has 1 aliphatic rings. The molecule has 1 amide bonds. The van der Waals surface area contributed by atoms with Gasteiger partial charge in [0.1, 0.15) is 6.04 Å². The lowest BCUT2D eigenvalue weighted by molar-refractivity contribution is -0.148. The standard InChI is InChI=1S/C22H26N2O5/c1-14-5-7-17(8-6-14)23-21(25)13-24-12-16-11-20(28-3)19(27-2)10-15(16)9-18(24)22(26)29-4/h5-8,10-11,18H,9,12-13H2,1-4H3,(H,23,25)/t18-/m1/s1. The molecule has 29 heavy (non-hydrogen) atoms. The molecule has 0 unspecified atom stereocenters. The van der Waals surface area contributed by atoms with Gasteiger partial charge < -0.3 is 19.5 Å². The maximum absolute atomic E-state index is 12.6. The van der Waals surface area contributed by atoms with Crippen molar-refractivity contribution in [3.8, 4) is 11.5 Å². The number of amides is 1. The molecule has 0 bridgehead atoms. The van der Waals surface area contributed by atoms with Gasteiger partial charge >= 0.3 is 5.97 Å². The predicted octanol–water partition coefficient (Wildman–Crippen LogP) is 2.55. The second kappa shape index (κ2) is 8.96. The molecule has 1 N–H and O–H groups in total. The van der Waals surface area contributed by atoms with Gasteiger partial charge in [-0.2, -0.15) is 0 Å². The Balaban J connectivity index is 1.81. The molecule has 7 nitrogen and oxygen atoms in total. The highest BCUT2D eigenvalue weighted by atomic mass is 16.5. The van der Waals surface area contributed by atoms with Crippen LogP contribution in [0.25, 0.3) is 0 Å². The number of fused-ring (bicyclic) bond motifs is 1. The van der Waals surface area contributed by atoms with E-state index in [1.54, 1.807) is 14.2 Å². The van der Waals surface area contributed by atoms with E-state index in [1.807, 2.05) is 48.2 Å². The molecular weight excluding hydrogens is 372 g/mol. The molecule has 0 saturated carbocycles. The van der Waals surface area contributed by atoms with Crippen LogP contribution in [0.5, 0.6) is 11.5 Å². The topological polar surface area (TPSA) is 77.1 Å². The Labute approximate surface area is 170 Å². The van der Waals surface area contributed by atoms with Crippen LogP contribution in [0.3, 0.4) is 0 Å². The SMILES string of the molecule is COC(=O)[C@H]1Cc2cc(OC)c(OC)cc2CN1CC(=O)Nc1ccc(C)cc1. The van der Waals surface area contributed by atoms with Crippen molar-refractivity contribution in [3.05, 3.63) is 53.1 Å². The van der Waals surface area contributed by atoms with Gasteiger partial charge in [0, 0.05) is 12.2 Å². The zero-order valence-electron chi connectivity index (χ0n) is 17.2. The minimum absolute atomic E-state index is 0.0709. The summed E-state index contributed by atoms with van der Waals surface area (Å²) in [6.45, 7) is 2.49. The zero-order valence-corrected chi connectivity index (χ0v) is 17.2. The van der Waals surface area contributed by atoms with Crippen LogP contribution in [0.15, 0.2) is 36.4 Å². The molecule has 1 aliphatic heterocycles. The van der Waals surface area contributed by atoms with Crippen molar-refractivity contribution in [2.75, 3.05) is 33.2 Å². The lowest BCUT2D eigenvalue weighted by atomic mass is 9.93. The van der Waals surface area contributed by atoms with Crippen molar-refractivity contribution < 1.29 is 23.8 Å². The smallest absolute Gasteiger partial charge is 0.323 e. The van der Waals surface area contributed by atoms with Crippen molar-refractivity contribution in [2.24, 2.45) is 0 Å². The van der Waals surface area contributed by atoms with E-state index in [-0.39, 0.29) is 18.4 Å². The normalized spacial score (nSPS) is 15.9. The van der Waals surface area contributed by atoms with E-state index >= 15 is 0 Å². The molecule has 1 heterocycles. The molecule has 0 aliphatic carbocycles. The molecule has 0 fully saturated rings. The summed E-state index contributed by atoms with van der Waals surface area (Å²) in [5.74, 6) is 0.674. The Morgan fingerprint density at radius 2 is 1.66 bits per heavy atom. The lowest BCUT2D eigenvalue weighted by Crippen LogP contribution is -2.49. The van der Waals surface area contributed by atoms with Gasteiger partial charge in [0.05, 0.1) is 27.9 Å². The Morgan fingerprint density at radius 1 is 1.03 bits per heavy atom. The van der Waals surface area contributed by atoms with E-state index in [0.29, 0.717) is 24.5 Å². The first-order valence-corrected chi connectivity index (χ1v) is 9.37. The van der Waals surface area contributed by atoms with Crippen LogP contribution in [0.4, 0.5) is 5.69 Å². The van der Waals surface area contributed by atoms with Crippen LogP contribution < -0.4 is 14.8 Å². The quantitative estimate of drug-likeness (QED) is 0.754. The fourth-order valence-electron chi connectivity index (χ4n) is 3.52. The Kier molecular flexibility index (Phi) is 6.39. The van der Waals surface area contributed by atoms with Crippen molar-refractivity contribution in [2.45, 2.75) is 25.9 Å². The van der Waals surface area contributed by atoms with E-state index in [0.717, 1.165) is 22.4 Å². The van der Waals surface area contributed by atoms with Gasteiger partial charge in [0.15, 0.2) is 11.5 Å². The van der Waals surface area contributed by atoms with Gasteiger partial charge in [-0.15, -0.1) is 0 Å². The summed E-state index contributed by atoms with van der Waals surface area (Å²) in [4.78, 5) is 26.8. The van der Waals surface area contributed by atoms with Gasteiger partial charge in [-0.25, -0.2) is 0 Å². The maximum atomic E-state index is 12.6. The summed E-state index contributed by atoms with van der Waals surface area (Å²) in [7, 11) is 4.51. The van der Waals surface area contributed by atoms with Gasteiger partial charge in [0.25, 0.3) is 0 Å². The van der Waals surface area contributed by atoms with Crippen molar-refractivity contribution >= 4 is 17.6 Å². The zero-order chi connectivity index (χ0) is 21.0. The second-order valence-corrected chi connectivity index (χ2v) is 7.04. The molecule has 7 heteroatoms. The van der Waals surface area contributed by atoms with E-state index < -0.39 is 6.04 Å². The number of carbonyl (C=O) groups excluding carboxylic acids is 2. The minimum atomic E-state index is -0.547. The van der Waals surface area contributed by atoms with E-state index in [1.165, 1.54) is 7.11 Å². The number of hydrogen-bond acceptors (Lipinski definition) is 6. The summed E-state index contributed by atoms with van der Waals surface area (Å²) in [5, 5.41) is 2.88. The first kappa shape index (κ1) is 20.7. The third-order valence-corrected chi connectivity index (χ3v) is 5.09. The highest BCUT2D eigenvalue weighted by molar-refractivity contribution is 5.92. The Bertz CT molecular complexity index is 895. The van der Waals surface area contributed by atoms with Crippen molar-refractivity contribution in [1.82, 2.24) is 4.90 Å². The van der Waals surface area contributed by atoms with Crippen LogP contribution >= 0.6 is 0 Å². The van der Waals surface area contributed by atoms with Crippen LogP contribution in [-0.2, 0) is 27.3 Å². The molecule has 154 valence electrons. The summed E-state index contributed by atoms with van der Waals surface area (Å²) in [6.07, 6.45) is 0.431. The van der Waals surface area contributed by atoms with Crippen LogP contribution in [0, 0.1) is 6.92 Å². The summed E-state index contributed by atoms with van der Waals surface area (Å²) in [6, 6.07) is 10.8. The fourth-order valence-corrected chi connectivity index (χ4v) is 3.52. The molecule has 0 aromatic heterocycles. The highest BCUT2D eigenvalue weighted by Crippen LogP contribution is 2.34. The third kappa shape index (κ3) is 4.68. The van der Waals surface area contributed by atoms with Gasteiger partial charge in [-0.05, 0) is 48.7 Å². The summed E-state index contributed by atoms with van der Waals surface area (Å²) in [5.41, 5.74) is 3.81. The number of nitrogens with one attached hydrogen (secondary N) is 1. The van der Waals surface area contributed by atoms with E-state index in [9.17, 15) is 9.59 Å². The van der Waals surface area contributed by atoms with E-state index in [2.05, 4.69) is 5.32 Å². The average Bonchev–Trinajstić information content (AvgIpc) is 2.73. The number of ether oxygens (including phenoxy) is 3. The number of nitrogens with zero attached hydrogens (tertiary/aromatic N) is 1. The molecule has 2 aromatic carbocycles. The average molecular weight is 398 g/mol. The third-order valence-electron chi connectivity index (χ3n) is 5.09. The first-order chi connectivity index (χ1) is 13.9. The van der Waals surface area contributed by atoms with Crippen molar-refractivity contribution in [3.63, 3.8) is 0 Å². The Hall–Kier alpha value is -3.06. The molecule has 3 rings (SSSR count). The largest absolute Gasteiger partial charge is 0.493 e. The maximum Gasteiger partial charge on any atom is 0.323 e. The number of esters is 1. The fraction of sp³-hybridized carbons (Fsp3) is 0.364. The highest BCUT2D eigenvalue weighted by Gasteiger charge is 2.34. The molecule has 0 radical (unpaired) electrons. The van der Waals surface area contributed by atoms with Crippen LogP contribution in [-0.4, -0.2) is 50.7 Å². The molecule has 0 saturated heterocycles. The number of aryl methyl sites for hydroxylation is 1. The van der Waals surface area contributed by atoms with Crippen LogP contribution in [0.1, 0.15) is 16.7 Å². The first-order valence-electron chi connectivity index (χ1n) is 9.37. The minimum Gasteiger partial charge on any atom is -0.493 e. The monoisotopic (exact) mass is 398 g/mol. The summed E-state index contributed by atoms with van der Waals surface area (Å²) < 4.78 is 15.7. The van der Waals surface area contributed by atoms with E-state index in [4.69, 9.17) is 14.2 Å². The van der Waals surface area contributed by atoms with Crippen LogP contribution in [0.2, 0.25) is 0 Å². The van der Waals surface area contributed by atoms with Gasteiger partial charge in [-0.1, -0.05) is 17.7 Å².